The van der Waals surface area contributed by atoms with Gasteiger partial charge in [0.05, 0.1) is 25.9 Å². The molecule has 8 heteroatoms. The quantitative estimate of drug-likeness (QED) is 0.720. The number of aliphatic imine (C=N–C) groups is 1. The van der Waals surface area contributed by atoms with E-state index in [0.29, 0.717) is 24.5 Å². The van der Waals surface area contributed by atoms with Gasteiger partial charge in [-0.2, -0.15) is 0 Å². The molecular weight excluding hydrogens is 360 g/mol. The number of nitrogens with two attached hydrogens (primary N) is 2. The fourth-order valence-corrected chi connectivity index (χ4v) is 3.01. The van der Waals surface area contributed by atoms with Crippen molar-refractivity contribution in [2.45, 2.75) is 38.0 Å². The van der Waals surface area contributed by atoms with Gasteiger partial charge in [-0.25, -0.2) is 4.79 Å². The van der Waals surface area contributed by atoms with Gasteiger partial charge in [0.25, 0.3) is 0 Å². The lowest BCUT2D eigenvalue weighted by atomic mass is 9.82. The summed E-state index contributed by atoms with van der Waals surface area (Å²) < 4.78 is 16.6. The van der Waals surface area contributed by atoms with Gasteiger partial charge >= 0.3 is 6.09 Å². The zero-order valence-electron chi connectivity index (χ0n) is 17.1. The Bertz CT molecular complexity index is 749. The number of hydrogen-bond acceptors (Lipinski definition) is 7. The molecule has 0 radical (unpaired) electrons. The molecule has 1 fully saturated rings. The molecule has 1 aliphatic heterocycles. The van der Waals surface area contributed by atoms with Crippen molar-refractivity contribution < 1.29 is 19.0 Å². The number of amides is 1. The number of carbonyl (C=O) groups excluding carboxylic acids is 1. The third kappa shape index (κ3) is 4.95. The maximum atomic E-state index is 12.4. The molecule has 28 heavy (non-hydrogen) atoms. The second-order valence-corrected chi connectivity index (χ2v) is 7.73. The van der Waals surface area contributed by atoms with Crippen LogP contribution in [0.15, 0.2) is 41.2 Å². The van der Waals surface area contributed by atoms with Crippen LogP contribution in [0.2, 0.25) is 0 Å². The maximum Gasteiger partial charge on any atom is 0.410 e. The normalized spacial score (nSPS) is 17.9. The molecule has 1 unspecified atom stereocenters. The molecule has 1 heterocycles. The lowest BCUT2D eigenvalue weighted by Gasteiger charge is -2.51. The summed E-state index contributed by atoms with van der Waals surface area (Å²) in [7, 11) is 3.21. The monoisotopic (exact) mass is 390 g/mol. The molecule has 1 saturated heterocycles. The minimum atomic E-state index is -0.714. The largest absolute Gasteiger partial charge is 0.497 e. The Hall–Kier alpha value is -2.74. The molecule has 4 N–H and O–H groups in total. The SMILES string of the molecule is COc1cccc(C(N=CC(N)=CN)C2(OC)CN(C(=O)OC(C)(C)C)C2)c1. The summed E-state index contributed by atoms with van der Waals surface area (Å²) in [5, 5.41) is 0. The van der Waals surface area contributed by atoms with Crippen molar-refractivity contribution in [3.05, 3.63) is 41.7 Å². The van der Waals surface area contributed by atoms with Crippen molar-refractivity contribution in [3.8, 4) is 5.75 Å². The number of carbonyl (C=O) groups is 1. The van der Waals surface area contributed by atoms with Crippen molar-refractivity contribution in [1.29, 1.82) is 0 Å². The number of likely N-dealkylation sites (tertiary alicyclic amines) is 1. The zero-order valence-corrected chi connectivity index (χ0v) is 17.1. The van der Waals surface area contributed by atoms with E-state index in [4.69, 9.17) is 25.7 Å². The molecule has 2 rings (SSSR count). The topological polar surface area (TPSA) is 112 Å². The van der Waals surface area contributed by atoms with Crippen molar-refractivity contribution in [3.63, 3.8) is 0 Å². The predicted octanol–water partition coefficient (Wildman–Crippen LogP) is 2.20. The zero-order chi connectivity index (χ0) is 20.9. The van der Waals surface area contributed by atoms with E-state index >= 15 is 0 Å². The fourth-order valence-electron chi connectivity index (χ4n) is 3.01. The number of ether oxygens (including phenoxy) is 3. The number of hydrogen-bond donors (Lipinski definition) is 2. The highest BCUT2D eigenvalue weighted by atomic mass is 16.6. The van der Waals surface area contributed by atoms with Crippen LogP contribution in [-0.2, 0) is 9.47 Å². The van der Waals surface area contributed by atoms with Crippen LogP contribution in [0.4, 0.5) is 4.79 Å². The fraction of sp³-hybridized carbons (Fsp3) is 0.500. The Morgan fingerprint density at radius 3 is 2.54 bits per heavy atom. The third-order valence-electron chi connectivity index (χ3n) is 4.45. The molecule has 8 nitrogen and oxygen atoms in total. The Balaban J connectivity index is 2.31. The predicted molar refractivity (Wildman–Crippen MR) is 108 cm³/mol. The van der Waals surface area contributed by atoms with Crippen molar-refractivity contribution in [1.82, 2.24) is 4.90 Å². The van der Waals surface area contributed by atoms with Gasteiger partial charge in [0.2, 0.25) is 0 Å². The van der Waals surface area contributed by atoms with Gasteiger partial charge in [-0.3, -0.25) is 4.99 Å². The number of rotatable bonds is 6. The second-order valence-electron chi connectivity index (χ2n) is 7.73. The highest BCUT2D eigenvalue weighted by molar-refractivity contribution is 5.77. The van der Waals surface area contributed by atoms with Crippen LogP contribution in [0.5, 0.6) is 5.75 Å². The third-order valence-corrected chi connectivity index (χ3v) is 4.45. The lowest BCUT2D eigenvalue weighted by molar-refractivity contribution is -0.134. The van der Waals surface area contributed by atoms with E-state index in [0.717, 1.165) is 5.56 Å². The summed E-state index contributed by atoms with van der Waals surface area (Å²) in [4.78, 5) is 18.6. The van der Waals surface area contributed by atoms with E-state index in [1.165, 1.54) is 12.4 Å². The standard InChI is InChI=1S/C20H30N4O4/c1-19(2,3)28-18(25)24-12-20(13-24,27-5)17(23-11-15(22)10-21)14-7-6-8-16(9-14)26-4/h6-11,17H,12-13,21-22H2,1-5H3. The molecular formula is C20H30N4O4. The van der Waals surface area contributed by atoms with Gasteiger partial charge in [-0.15, -0.1) is 0 Å². The van der Waals surface area contributed by atoms with Crippen LogP contribution >= 0.6 is 0 Å². The number of nitrogens with zero attached hydrogens (tertiary/aromatic N) is 2. The minimum absolute atomic E-state index is 0.336. The molecule has 1 aliphatic rings. The number of allylic oxidation sites excluding steroid dienone is 1. The van der Waals surface area contributed by atoms with E-state index in [1.54, 1.807) is 19.1 Å². The van der Waals surface area contributed by atoms with Crippen LogP contribution in [0.25, 0.3) is 0 Å². The molecule has 0 aliphatic carbocycles. The average Bonchev–Trinajstić information content (AvgIpc) is 2.61. The average molecular weight is 390 g/mol. The molecule has 154 valence electrons. The van der Waals surface area contributed by atoms with Crippen LogP contribution in [-0.4, -0.2) is 55.7 Å². The molecule has 1 aromatic rings. The van der Waals surface area contributed by atoms with E-state index in [1.807, 2.05) is 45.0 Å². The molecule has 0 saturated carbocycles. The van der Waals surface area contributed by atoms with Gasteiger partial charge in [0.1, 0.15) is 23.0 Å². The van der Waals surface area contributed by atoms with Gasteiger partial charge in [-0.05, 0) is 38.5 Å². The Morgan fingerprint density at radius 2 is 2.00 bits per heavy atom. The number of benzene rings is 1. The number of methoxy groups -OCH3 is 2. The highest BCUT2D eigenvalue weighted by Crippen LogP contribution is 2.41. The molecule has 0 bridgehead atoms. The molecule has 0 aromatic heterocycles. The molecule has 1 atom stereocenters. The lowest BCUT2D eigenvalue weighted by Crippen LogP contribution is -2.67. The molecule has 1 aromatic carbocycles. The maximum absolute atomic E-state index is 12.4. The summed E-state index contributed by atoms with van der Waals surface area (Å²) in [6.07, 6.45) is 2.40. The summed E-state index contributed by atoms with van der Waals surface area (Å²) >= 11 is 0. The Kier molecular flexibility index (Phi) is 6.56. The first kappa shape index (κ1) is 21.6. The van der Waals surface area contributed by atoms with E-state index in [-0.39, 0.29) is 6.09 Å². The Morgan fingerprint density at radius 1 is 1.32 bits per heavy atom. The summed E-state index contributed by atoms with van der Waals surface area (Å²) in [6.45, 7) is 6.17. The van der Waals surface area contributed by atoms with Crippen LogP contribution in [0, 0.1) is 0 Å². The van der Waals surface area contributed by atoms with E-state index in [9.17, 15) is 4.79 Å². The summed E-state index contributed by atoms with van der Waals surface area (Å²) in [5.74, 6) is 0.703. The highest BCUT2D eigenvalue weighted by Gasteiger charge is 2.53. The first-order chi connectivity index (χ1) is 13.1. The van der Waals surface area contributed by atoms with E-state index in [2.05, 4.69) is 4.99 Å². The van der Waals surface area contributed by atoms with Gasteiger partial charge < -0.3 is 30.6 Å². The van der Waals surface area contributed by atoms with Crippen LogP contribution in [0.1, 0.15) is 32.4 Å². The van der Waals surface area contributed by atoms with Crippen LogP contribution in [0.3, 0.4) is 0 Å². The summed E-state index contributed by atoms with van der Waals surface area (Å²) in [6, 6.07) is 7.15. The smallest absolute Gasteiger partial charge is 0.410 e. The Labute approximate surface area is 166 Å². The molecule has 0 spiro atoms. The summed E-state index contributed by atoms with van der Waals surface area (Å²) in [5.41, 5.74) is 11.2. The van der Waals surface area contributed by atoms with E-state index < -0.39 is 17.2 Å². The van der Waals surface area contributed by atoms with Crippen molar-refractivity contribution >= 4 is 12.3 Å². The van der Waals surface area contributed by atoms with Crippen molar-refractivity contribution in [2.24, 2.45) is 16.5 Å². The van der Waals surface area contributed by atoms with Gasteiger partial charge in [0, 0.05) is 19.5 Å². The second kappa shape index (κ2) is 8.52. The van der Waals surface area contributed by atoms with Gasteiger partial charge in [0.15, 0.2) is 0 Å². The van der Waals surface area contributed by atoms with Crippen molar-refractivity contribution in [2.75, 3.05) is 27.3 Å². The minimum Gasteiger partial charge on any atom is -0.497 e. The van der Waals surface area contributed by atoms with Crippen LogP contribution < -0.4 is 16.2 Å². The van der Waals surface area contributed by atoms with Gasteiger partial charge in [-0.1, -0.05) is 12.1 Å². The molecule has 1 amide bonds. The first-order valence-corrected chi connectivity index (χ1v) is 9.01. The first-order valence-electron chi connectivity index (χ1n) is 9.01.